The highest BCUT2D eigenvalue weighted by atomic mass is 32.2. The number of hydrogen-bond donors (Lipinski definition) is 5. The quantitative estimate of drug-likeness (QED) is 0.134. The number of β-lactam (4-membered cyclic amide) rings is 1. The highest BCUT2D eigenvalue weighted by molar-refractivity contribution is 7.81. The van der Waals surface area contributed by atoms with Crippen LogP contribution in [0.4, 0.5) is 0 Å². The Balaban J connectivity index is 2.29. The van der Waals surface area contributed by atoms with Crippen LogP contribution in [-0.2, 0) is 20.7 Å². The van der Waals surface area contributed by atoms with Gasteiger partial charge in [-0.2, -0.15) is 5.10 Å². The minimum atomic E-state index is -2.76. The lowest BCUT2D eigenvalue weighted by Crippen LogP contribution is -2.67. The molecule has 29 heavy (non-hydrogen) atoms. The number of carbonyl (C=O) groups is 3. The number of carboxylic acid groups (broad SMARTS) is 1. The summed E-state index contributed by atoms with van der Waals surface area (Å²) in [6.45, 7) is 4.13. The molecule has 12 heteroatoms. The smallest absolute Gasteiger partial charge is 0.328 e. The Hall–Kier alpha value is -2.99. The van der Waals surface area contributed by atoms with Crippen molar-refractivity contribution in [2.45, 2.75) is 44.0 Å². The van der Waals surface area contributed by atoms with Crippen molar-refractivity contribution in [3.05, 3.63) is 23.3 Å². The summed E-state index contributed by atoms with van der Waals surface area (Å²) in [4.78, 5) is 36.9. The van der Waals surface area contributed by atoms with Crippen LogP contribution in [0.3, 0.4) is 0 Å². The lowest BCUT2D eigenvalue weighted by Gasteiger charge is -2.46. The van der Waals surface area contributed by atoms with Gasteiger partial charge in [0.25, 0.3) is 5.91 Å². The van der Waals surface area contributed by atoms with Crippen LogP contribution in [0.5, 0.6) is 11.5 Å². The monoisotopic (exact) mass is 427 g/mol. The minimum Gasteiger partial charge on any atom is -0.504 e. The van der Waals surface area contributed by atoms with E-state index in [4.69, 9.17) is 0 Å². The normalized spacial score (nSPS) is 20.6. The van der Waals surface area contributed by atoms with E-state index in [1.54, 1.807) is 6.92 Å². The van der Waals surface area contributed by atoms with Crippen molar-refractivity contribution >= 4 is 35.1 Å². The average Bonchev–Trinajstić information content (AvgIpc) is 2.63. The molecular weight excluding hydrogens is 406 g/mol. The number of phenols is 2. The van der Waals surface area contributed by atoms with Crippen molar-refractivity contribution < 1.29 is 38.5 Å². The van der Waals surface area contributed by atoms with Crippen molar-refractivity contribution in [2.75, 3.05) is 0 Å². The van der Waals surface area contributed by atoms with Gasteiger partial charge in [-0.3, -0.25) is 9.59 Å². The Labute approximate surface area is 168 Å². The molecule has 5 N–H and O–H groups in total. The number of likely N-dealkylation sites (tertiary alicyclic amines) is 1. The zero-order valence-electron chi connectivity index (χ0n) is 15.8. The molecule has 2 amide bonds. The molecule has 11 nitrogen and oxygen atoms in total. The average molecular weight is 427 g/mol. The predicted molar refractivity (Wildman–Crippen MR) is 102 cm³/mol. The van der Waals surface area contributed by atoms with Crippen LogP contribution >= 0.6 is 0 Å². The van der Waals surface area contributed by atoms with E-state index in [0.717, 1.165) is 24.1 Å². The summed E-state index contributed by atoms with van der Waals surface area (Å²) >= 11 is -2.76. The van der Waals surface area contributed by atoms with Crippen molar-refractivity contribution in [1.82, 2.24) is 10.3 Å². The Morgan fingerprint density at radius 1 is 1.41 bits per heavy atom. The fourth-order valence-corrected chi connectivity index (χ4v) is 3.60. The first-order valence-corrected chi connectivity index (χ1v) is 9.53. The molecule has 0 bridgehead atoms. The Kier molecular flexibility index (Phi) is 6.28. The van der Waals surface area contributed by atoms with Crippen LogP contribution in [-0.4, -0.2) is 69.8 Å². The number of hydrogen-bond acceptors (Lipinski definition) is 7. The fraction of sp³-hybridized carbons (Fsp3) is 0.412. The Morgan fingerprint density at radius 3 is 2.52 bits per heavy atom. The number of nitrogens with zero attached hydrogens (tertiary/aromatic N) is 2. The third-order valence-electron chi connectivity index (χ3n) is 4.81. The standard InChI is InChI=1S/C17H21N3O8S/c1-8-6-12(22)20(8)14(16(25)26)17(3,29(27)28)7-18-19-15(24)10-4-5-11(21)13(23)9(10)2/h4-5,7-8,14,21,23H,6H2,1-3H3,(H,19,24)(H,25,26)(H,27,28)/b18-7+/t8-,14+,17+/m1/s1. The fourth-order valence-electron chi connectivity index (χ4n) is 3.05. The minimum absolute atomic E-state index is 0.0226. The summed E-state index contributed by atoms with van der Waals surface area (Å²) < 4.78 is 19.7. The van der Waals surface area contributed by atoms with Gasteiger partial charge in [-0.05, 0) is 32.9 Å². The number of carbonyl (C=O) groups excluding carboxylic acids is 2. The van der Waals surface area contributed by atoms with E-state index >= 15 is 0 Å². The van der Waals surface area contributed by atoms with Gasteiger partial charge < -0.3 is 24.8 Å². The molecule has 1 saturated heterocycles. The third-order valence-corrected chi connectivity index (χ3v) is 5.89. The SMILES string of the molecule is Cc1c(C(=O)N/N=C/[C@@](C)([C@H](C(=O)O)N2C(=O)C[C@H]2C)S(=O)O)ccc(O)c1O. The largest absolute Gasteiger partial charge is 0.504 e. The van der Waals surface area contributed by atoms with Crippen molar-refractivity contribution in [3.8, 4) is 11.5 Å². The maximum atomic E-state index is 12.3. The second-order valence-electron chi connectivity index (χ2n) is 6.83. The number of aromatic hydroxyl groups is 2. The molecule has 4 atom stereocenters. The van der Waals surface area contributed by atoms with Gasteiger partial charge >= 0.3 is 5.97 Å². The highest BCUT2D eigenvalue weighted by Gasteiger charge is 2.53. The van der Waals surface area contributed by atoms with Gasteiger partial charge in [-0.1, -0.05) is 0 Å². The van der Waals surface area contributed by atoms with Gasteiger partial charge in [0, 0.05) is 29.8 Å². The van der Waals surface area contributed by atoms with Gasteiger partial charge in [0.05, 0.1) is 0 Å². The second kappa shape index (κ2) is 8.17. The van der Waals surface area contributed by atoms with E-state index in [2.05, 4.69) is 10.5 Å². The van der Waals surface area contributed by atoms with E-state index < -0.39 is 57.2 Å². The number of hydrazone groups is 1. The molecule has 1 aromatic carbocycles. The number of phenolic OH excluding ortho intramolecular Hbond substituents is 2. The lowest BCUT2D eigenvalue weighted by atomic mass is 9.92. The maximum Gasteiger partial charge on any atom is 0.328 e. The first kappa shape index (κ1) is 22.3. The van der Waals surface area contributed by atoms with Crippen LogP contribution in [0.1, 0.15) is 36.2 Å². The van der Waals surface area contributed by atoms with Crippen molar-refractivity contribution in [3.63, 3.8) is 0 Å². The Bertz CT molecular complexity index is 918. The second-order valence-corrected chi connectivity index (χ2v) is 8.21. The van der Waals surface area contributed by atoms with E-state index in [1.165, 1.54) is 13.0 Å². The number of carboxylic acids is 1. The number of benzene rings is 1. The molecule has 0 aliphatic carbocycles. The van der Waals surface area contributed by atoms with Crippen LogP contribution in [0.15, 0.2) is 17.2 Å². The van der Waals surface area contributed by atoms with Crippen LogP contribution < -0.4 is 5.43 Å². The number of aliphatic carboxylic acids is 1. The van der Waals surface area contributed by atoms with Crippen LogP contribution in [0.2, 0.25) is 0 Å². The first-order chi connectivity index (χ1) is 13.4. The van der Waals surface area contributed by atoms with E-state index in [0.29, 0.717) is 0 Å². The molecule has 2 rings (SSSR count). The molecule has 0 aromatic heterocycles. The molecule has 1 aliphatic heterocycles. The van der Waals surface area contributed by atoms with Crippen LogP contribution in [0, 0.1) is 6.92 Å². The number of rotatable bonds is 7. The number of amides is 2. The summed E-state index contributed by atoms with van der Waals surface area (Å²) in [6, 6.07) is 0.228. The Morgan fingerprint density at radius 2 is 2.03 bits per heavy atom. The van der Waals surface area contributed by atoms with Gasteiger partial charge in [-0.25, -0.2) is 14.4 Å². The summed E-state index contributed by atoms with van der Waals surface area (Å²) in [7, 11) is 0. The number of nitrogens with one attached hydrogen (secondary N) is 1. The molecule has 1 aliphatic rings. The lowest BCUT2D eigenvalue weighted by molar-refractivity contribution is -0.161. The van der Waals surface area contributed by atoms with Crippen molar-refractivity contribution in [1.29, 1.82) is 0 Å². The summed E-state index contributed by atoms with van der Waals surface area (Å²) in [6.07, 6.45) is 0.920. The molecule has 158 valence electrons. The van der Waals surface area contributed by atoms with Gasteiger partial charge in [0.1, 0.15) is 4.75 Å². The van der Waals surface area contributed by atoms with E-state index in [-0.39, 0.29) is 17.5 Å². The van der Waals surface area contributed by atoms with Gasteiger partial charge in [-0.15, -0.1) is 0 Å². The van der Waals surface area contributed by atoms with Gasteiger partial charge in [0.15, 0.2) is 28.6 Å². The summed E-state index contributed by atoms with van der Waals surface area (Å²) in [5, 5.41) is 32.3. The zero-order valence-corrected chi connectivity index (χ0v) is 16.6. The molecule has 1 unspecified atom stereocenters. The molecule has 0 radical (unpaired) electrons. The van der Waals surface area contributed by atoms with Crippen molar-refractivity contribution in [2.24, 2.45) is 5.10 Å². The molecule has 1 heterocycles. The highest BCUT2D eigenvalue weighted by Crippen LogP contribution is 2.31. The van der Waals surface area contributed by atoms with E-state index in [9.17, 15) is 38.5 Å². The zero-order chi connectivity index (χ0) is 22.1. The topological polar surface area (TPSA) is 177 Å². The maximum absolute atomic E-state index is 12.3. The summed E-state index contributed by atoms with van der Waals surface area (Å²) in [5.74, 6) is -3.68. The first-order valence-electron chi connectivity index (χ1n) is 8.42. The predicted octanol–water partition coefficient (Wildman–Crippen LogP) is 0.176. The molecule has 1 aromatic rings. The summed E-state index contributed by atoms with van der Waals surface area (Å²) in [5.41, 5.74) is 2.14. The molecular formula is C17H21N3O8S. The third kappa shape index (κ3) is 4.07. The molecule has 0 spiro atoms. The van der Waals surface area contributed by atoms with Gasteiger partial charge in [0.2, 0.25) is 5.91 Å². The van der Waals surface area contributed by atoms with Crippen LogP contribution in [0.25, 0.3) is 0 Å². The molecule has 0 saturated carbocycles. The van der Waals surface area contributed by atoms with E-state index in [1.807, 2.05) is 0 Å². The molecule has 1 fully saturated rings.